The smallest absolute Gasteiger partial charge is 0.165 e. The van der Waals surface area contributed by atoms with Gasteiger partial charge in [-0.25, -0.2) is 4.98 Å². The van der Waals surface area contributed by atoms with Crippen molar-refractivity contribution >= 4 is 42.3 Å². The Hall–Kier alpha value is -3.16. The Bertz CT molecular complexity index is 1350. The molecule has 4 rings (SSSR count). The van der Waals surface area contributed by atoms with Gasteiger partial charge >= 0.3 is 0 Å². The summed E-state index contributed by atoms with van der Waals surface area (Å²) in [5.41, 5.74) is 12.3. The molecule has 0 aliphatic heterocycles. The number of nitrogen functional groups attached to an aromatic ring is 1. The molecule has 2 aromatic carbocycles. The number of aldehydes is 1. The van der Waals surface area contributed by atoms with Crippen LogP contribution >= 0.6 is 8.38 Å². The summed E-state index contributed by atoms with van der Waals surface area (Å²) in [5, 5.41) is 8.99. The average molecular weight is 524 g/mol. The van der Waals surface area contributed by atoms with Crippen molar-refractivity contribution in [3.8, 4) is 5.75 Å². The number of aromatic nitrogens is 2. The van der Waals surface area contributed by atoms with Gasteiger partial charge in [-0.3, -0.25) is 4.98 Å². The van der Waals surface area contributed by atoms with Crippen LogP contribution in [-0.4, -0.2) is 51.0 Å². The van der Waals surface area contributed by atoms with Crippen LogP contribution in [0.25, 0.3) is 21.8 Å². The third-order valence-corrected chi connectivity index (χ3v) is 6.82. The maximum Gasteiger partial charge on any atom is 0.165 e. The second-order valence-electron chi connectivity index (χ2n) is 8.68. The van der Waals surface area contributed by atoms with Crippen LogP contribution in [0.2, 0.25) is 0 Å². The Balaban J connectivity index is 0.00000186. The van der Waals surface area contributed by atoms with Crippen molar-refractivity contribution < 1.29 is 24.4 Å². The first-order valence-corrected chi connectivity index (χ1v) is 13.6. The number of fused-ring (bicyclic) bond motifs is 3. The molecule has 0 radical (unpaired) electrons. The van der Waals surface area contributed by atoms with Crippen molar-refractivity contribution in [3.63, 3.8) is 0 Å². The summed E-state index contributed by atoms with van der Waals surface area (Å²) in [7, 11) is -0.854. The number of anilines is 1. The third kappa shape index (κ3) is 7.66. The number of carbonyl (C=O) groups excluding carboxylic acids is 1. The van der Waals surface area contributed by atoms with E-state index in [0.29, 0.717) is 43.4 Å². The van der Waals surface area contributed by atoms with Crippen molar-refractivity contribution in [1.29, 1.82) is 0 Å². The normalized spacial score (nSPS) is 11.0. The van der Waals surface area contributed by atoms with Gasteiger partial charge in [0.25, 0.3) is 0 Å². The van der Waals surface area contributed by atoms with Crippen LogP contribution < -0.4 is 10.5 Å². The van der Waals surface area contributed by atoms with Crippen LogP contribution in [0.1, 0.15) is 35.1 Å². The standard InChI is InChI=1S/C27H30N3O4P.CH4O/c1-18-14-22(34-12-3-13-35(32)33)9-8-21(18)7-5-20-15-24-23-10-6-19(4-2-11-31)16-25(23)30-27(28)26(24)29-17-20;1-2/h6,8-11,14-17,32-33H,2-5,7,12-13H2,1H3,(H2,28,30);2H,1H3. The van der Waals surface area contributed by atoms with Gasteiger partial charge in [-0.1, -0.05) is 18.2 Å². The van der Waals surface area contributed by atoms with Crippen molar-refractivity contribution in [3.05, 3.63) is 70.9 Å². The average Bonchev–Trinajstić information content (AvgIpc) is 2.90. The molecule has 37 heavy (non-hydrogen) atoms. The number of aliphatic hydroxyl groups excluding tert-OH is 1. The SMILES string of the molecule is CO.Cc1cc(OCCCP(O)O)ccc1CCc1cnc2c(N)nc3cc(CCC=O)ccc3c2c1. The molecule has 0 saturated carbocycles. The molecule has 2 heterocycles. The van der Waals surface area contributed by atoms with Crippen LogP contribution in [-0.2, 0) is 24.1 Å². The fourth-order valence-corrected chi connectivity index (χ4v) is 4.64. The van der Waals surface area contributed by atoms with E-state index in [4.69, 9.17) is 25.4 Å². The number of hydrogen-bond donors (Lipinski definition) is 4. The van der Waals surface area contributed by atoms with Gasteiger partial charge in [-0.2, -0.15) is 0 Å². The molecular formula is C28H34N3O5P. The lowest BCUT2D eigenvalue weighted by Crippen LogP contribution is -2.01. The van der Waals surface area contributed by atoms with Crippen molar-refractivity contribution in [2.45, 2.75) is 39.0 Å². The zero-order valence-electron chi connectivity index (χ0n) is 21.2. The monoisotopic (exact) mass is 523 g/mol. The van der Waals surface area contributed by atoms with E-state index in [2.05, 4.69) is 29.0 Å². The first-order chi connectivity index (χ1) is 17.9. The Morgan fingerprint density at radius 3 is 2.54 bits per heavy atom. The van der Waals surface area contributed by atoms with E-state index in [1.165, 1.54) is 5.56 Å². The number of rotatable bonds is 11. The maximum absolute atomic E-state index is 10.7. The lowest BCUT2D eigenvalue weighted by atomic mass is 9.99. The van der Waals surface area contributed by atoms with Crippen molar-refractivity contribution in [2.24, 2.45) is 0 Å². The molecule has 196 valence electrons. The molecule has 5 N–H and O–H groups in total. The van der Waals surface area contributed by atoms with Crippen LogP contribution in [0, 0.1) is 6.92 Å². The van der Waals surface area contributed by atoms with Gasteiger partial charge in [0.05, 0.1) is 12.1 Å². The van der Waals surface area contributed by atoms with E-state index in [9.17, 15) is 4.79 Å². The minimum atomic E-state index is -1.85. The van der Waals surface area contributed by atoms with Gasteiger partial charge in [0.1, 0.15) is 17.6 Å². The predicted octanol–water partition coefficient (Wildman–Crippen LogP) is 4.26. The third-order valence-electron chi connectivity index (χ3n) is 6.10. The van der Waals surface area contributed by atoms with E-state index in [1.807, 2.05) is 36.5 Å². The van der Waals surface area contributed by atoms with Crippen LogP contribution in [0.3, 0.4) is 0 Å². The molecular weight excluding hydrogens is 489 g/mol. The Labute approximate surface area is 218 Å². The lowest BCUT2D eigenvalue weighted by molar-refractivity contribution is -0.107. The Morgan fingerprint density at radius 1 is 1.00 bits per heavy atom. The highest BCUT2D eigenvalue weighted by atomic mass is 31.2. The van der Waals surface area contributed by atoms with Crippen LogP contribution in [0.5, 0.6) is 5.75 Å². The van der Waals surface area contributed by atoms with Crippen molar-refractivity contribution in [2.75, 3.05) is 25.6 Å². The molecule has 0 atom stereocenters. The molecule has 0 aliphatic rings. The fourth-order valence-electron chi connectivity index (χ4n) is 4.23. The van der Waals surface area contributed by atoms with E-state index < -0.39 is 8.38 Å². The summed E-state index contributed by atoms with van der Waals surface area (Å²) in [5.74, 6) is 1.20. The van der Waals surface area contributed by atoms with Crippen LogP contribution in [0.15, 0.2) is 48.7 Å². The summed E-state index contributed by atoms with van der Waals surface area (Å²) < 4.78 is 5.73. The van der Waals surface area contributed by atoms with E-state index in [-0.39, 0.29) is 0 Å². The second kappa shape index (κ2) is 14.0. The van der Waals surface area contributed by atoms with E-state index >= 15 is 0 Å². The minimum Gasteiger partial charge on any atom is -0.494 e. The molecule has 0 aliphatic carbocycles. The molecule has 4 aromatic rings. The van der Waals surface area contributed by atoms with Gasteiger partial charge < -0.3 is 30.2 Å². The first-order valence-electron chi connectivity index (χ1n) is 12.2. The highest BCUT2D eigenvalue weighted by molar-refractivity contribution is 7.45. The van der Waals surface area contributed by atoms with Crippen LogP contribution in [0.4, 0.5) is 5.82 Å². The predicted molar refractivity (Wildman–Crippen MR) is 149 cm³/mol. The molecule has 0 unspecified atom stereocenters. The topological polar surface area (TPSA) is 139 Å². The number of nitrogens with two attached hydrogens (primary N) is 1. The zero-order chi connectivity index (χ0) is 26.8. The quantitative estimate of drug-likeness (QED) is 0.0990. The van der Waals surface area contributed by atoms with Gasteiger partial charge in [0, 0.05) is 36.7 Å². The highest BCUT2D eigenvalue weighted by Crippen LogP contribution is 2.29. The number of benzene rings is 2. The van der Waals surface area contributed by atoms with Crippen molar-refractivity contribution in [1.82, 2.24) is 9.97 Å². The van der Waals surface area contributed by atoms with Gasteiger partial charge in [0.2, 0.25) is 0 Å². The number of aliphatic hydroxyl groups is 1. The summed E-state index contributed by atoms with van der Waals surface area (Å²) >= 11 is 0. The number of carbonyl (C=O) groups is 1. The summed E-state index contributed by atoms with van der Waals surface area (Å²) in [6.45, 7) is 2.54. The lowest BCUT2D eigenvalue weighted by Gasteiger charge is -2.12. The molecule has 9 heteroatoms. The molecule has 0 bridgehead atoms. The highest BCUT2D eigenvalue weighted by Gasteiger charge is 2.10. The first kappa shape index (κ1) is 28.4. The van der Waals surface area contributed by atoms with E-state index in [1.54, 1.807) is 0 Å². The molecule has 0 amide bonds. The van der Waals surface area contributed by atoms with E-state index in [0.717, 1.165) is 65.0 Å². The Morgan fingerprint density at radius 2 is 1.81 bits per heavy atom. The number of ether oxygens (including phenoxy) is 1. The summed E-state index contributed by atoms with van der Waals surface area (Å²) in [4.78, 5) is 37.9. The van der Waals surface area contributed by atoms with Gasteiger partial charge in [0.15, 0.2) is 14.2 Å². The van der Waals surface area contributed by atoms with Gasteiger partial charge in [-0.05, 0) is 79.1 Å². The minimum absolute atomic E-state index is 0.366. The molecule has 8 nitrogen and oxygen atoms in total. The summed E-state index contributed by atoms with van der Waals surface area (Å²) in [6.07, 6.45) is 6.65. The number of aryl methyl sites for hydroxylation is 4. The molecule has 0 saturated heterocycles. The molecule has 2 aromatic heterocycles. The zero-order valence-corrected chi connectivity index (χ0v) is 22.1. The number of hydrogen-bond acceptors (Lipinski definition) is 8. The van der Waals surface area contributed by atoms with Gasteiger partial charge in [-0.15, -0.1) is 0 Å². The number of pyridine rings is 2. The Kier molecular flexibility index (Phi) is 10.7. The number of nitrogens with zero attached hydrogens (tertiary/aromatic N) is 2. The largest absolute Gasteiger partial charge is 0.494 e. The second-order valence-corrected chi connectivity index (χ2v) is 9.87. The molecule has 0 fully saturated rings. The fraction of sp³-hybridized carbons (Fsp3) is 0.321. The molecule has 0 spiro atoms. The maximum atomic E-state index is 10.7. The summed E-state index contributed by atoms with van der Waals surface area (Å²) in [6, 6.07) is 14.3.